The van der Waals surface area contributed by atoms with E-state index in [9.17, 15) is 18.4 Å². The summed E-state index contributed by atoms with van der Waals surface area (Å²) in [7, 11) is 3.07. The molecule has 9 heteroatoms. The zero-order valence-electron chi connectivity index (χ0n) is 19.2. The summed E-state index contributed by atoms with van der Waals surface area (Å²) < 4.78 is 30.0. The molecule has 1 saturated heterocycles. The summed E-state index contributed by atoms with van der Waals surface area (Å²) in [5, 5.41) is 1.33. The third-order valence-electron chi connectivity index (χ3n) is 5.94. The molecule has 3 aromatic carbocycles. The van der Waals surface area contributed by atoms with Crippen molar-refractivity contribution < 1.29 is 18.4 Å². The Kier molecular flexibility index (Phi) is 6.30. The number of hydrogen-bond donors (Lipinski definition) is 0. The number of thiocarbonyl (C=S) groups is 1. The number of amides is 2. The van der Waals surface area contributed by atoms with Crippen LogP contribution in [0, 0.1) is 11.6 Å². The normalized spacial score (nSPS) is 14.1. The molecule has 1 aliphatic rings. The molecule has 0 bridgehead atoms. The van der Waals surface area contributed by atoms with Crippen molar-refractivity contribution in [1.82, 2.24) is 9.80 Å². The Morgan fingerprint density at radius 3 is 2.14 bits per heavy atom. The van der Waals surface area contributed by atoms with Gasteiger partial charge in [0.15, 0.2) is 0 Å². The Morgan fingerprint density at radius 2 is 1.47 bits per heavy atom. The van der Waals surface area contributed by atoms with Gasteiger partial charge in [0, 0.05) is 0 Å². The van der Waals surface area contributed by atoms with Gasteiger partial charge in [-0.05, 0) is 0 Å². The number of anilines is 3. The van der Waals surface area contributed by atoms with Crippen LogP contribution in [0.1, 0.15) is 4.44 Å². The monoisotopic (exact) mass is 567 g/mol. The Labute approximate surface area is 217 Å². The molecular weight excluding hydrogens is 547 g/mol. The summed E-state index contributed by atoms with van der Waals surface area (Å²) in [4.78, 5) is 30.0. The predicted molar refractivity (Wildman–Crippen MR) is 142 cm³/mol. The van der Waals surface area contributed by atoms with Gasteiger partial charge in [0.05, 0.1) is 0 Å². The molecule has 0 spiro atoms. The topological polar surface area (TPSA) is 43.9 Å². The first-order valence-electron chi connectivity index (χ1n) is 10.9. The molecule has 0 saturated carbocycles. The second-order valence-electron chi connectivity index (χ2n) is 8.17. The van der Waals surface area contributed by atoms with Gasteiger partial charge in [-0.1, -0.05) is 0 Å². The second-order valence-corrected chi connectivity index (χ2v) is 10.8. The van der Waals surface area contributed by atoms with E-state index in [2.05, 4.69) is 0 Å². The number of rotatable bonds is 4. The Hall–Kier alpha value is -3.65. The van der Waals surface area contributed by atoms with Gasteiger partial charge in [-0.25, -0.2) is 0 Å². The molecule has 0 atom stereocenters. The van der Waals surface area contributed by atoms with E-state index >= 15 is 0 Å². The number of benzene rings is 3. The van der Waals surface area contributed by atoms with E-state index in [4.69, 9.17) is 12.2 Å². The maximum absolute atomic E-state index is 14.6. The molecule has 0 unspecified atom stereocenters. The first-order chi connectivity index (χ1) is 17.3. The first kappa shape index (κ1) is 24.1. The fraction of sp³-hybridized carbons (Fsp3) is 0.0741. The first-order valence-corrected chi connectivity index (χ1v) is 13.0. The van der Waals surface area contributed by atoms with Crippen molar-refractivity contribution in [2.75, 3.05) is 19.0 Å². The van der Waals surface area contributed by atoms with E-state index in [1.807, 2.05) is 29.2 Å². The Bertz CT molecular complexity index is 1540. The van der Waals surface area contributed by atoms with Gasteiger partial charge in [0.2, 0.25) is 0 Å². The van der Waals surface area contributed by atoms with Gasteiger partial charge in [-0.15, -0.1) is 0 Å². The number of halogens is 2. The molecule has 4 aromatic rings. The second kappa shape index (κ2) is 9.43. The number of fused-ring (bicyclic) bond motifs is 1. The number of nitrogens with zero attached hydrogens (tertiary/aromatic N) is 3. The van der Waals surface area contributed by atoms with E-state index in [1.54, 1.807) is 36.4 Å². The molecule has 2 amide bonds. The molecule has 36 heavy (non-hydrogen) atoms. The fourth-order valence-electron chi connectivity index (χ4n) is 4.07. The third-order valence-corrected chi connectivity index (χ3v) is 8.62. The van der Waals surface area contributed by atoms with Crippen LogP contribution in [0.25, 0.3) is 16.8 Å². The molecule has 1 aromatic heterocycles. The summed E-state index contributed by atoms with van der Waals surface area (Å²) in [6.07, 6.45) is 1.61. The standard InChI is InChI=1S/C27H19F2N3O2SSe/c1-30-25(33)21(26(34)31(2)27(30)35)15-18-11-14-24(36-18)32(17-9-7-16(28)8-10-17)23-13-12-22(29)19-5-3-4-6-20(19)23/h3-15H,1-2H3. The van der Waals surface area contributed by atoms with E-state index < -0.39 is 11.8 Å². The molecule has 1 fully saturated rings. The zero-order valence-corrected chi connectivity index (χ0v) is 21.8. The van der Waals surface area contributed by atoms with Gasteiger partial charge in [-0.2, -0.15) is 0 Å². The molecule has 180 valence electrons. The predicted octanol–water partition coefficient (Wildman–Crippen LogP) is 5.24. The van der Waals surface area contributed by atoms with E-state index in [0.717, 1.165) is 14.7 Å². The van der Waals surface area contributed by atoms with Crippen LogP contribution in [0.4, 0.5) is 24.7 Å². The van der Waals surface area contributed by atoms with E-state index in [0.29, 0.717) is 16.5 Å². The zero-order chi connectivity index (χ0) is 25.6. The number of carbonyl (C=O) groups excluding carboxylic acids is 2. The summed E-state index contributed by atoms with van der Waals surface area (Å²) >= 11 is 4.85. The number of hydrogen-bond acceptors (Lipinski definition) is 4. The van der Waals surface area contributed by atoms with E-state index in [-0.39, 0.29) is 36.8 Å². The Balaban J connectivity index is 1.63. The Morgan fingerprint density at radius 1 is 0.833 bits per heavy atom. The molecule has 0 N–H and O–H groups in total. The van der Waals surface area contributed by atoms with Gasteiger partial charge in [0.1, 0.15) is 0 Å². The minimum atomic E-state index is -0.451. The van der Waals surface area contributed by atoms with Gasteiger partial charge < -0.3 is 0 Å². The van der Waals surface area contributed by atoms with Crippen LogP contribution in [0.3, 0.4) is 0 Å². The van der Waals surface area contributed by atoms with Crippen molar-refractivity contribution in [1.29, 1.82) is 0 Å². The molecule has 1 aliphatic heterocycles. The minimum absolute atomic E-state index is 0.0388. The van der Waals surface area contributed by atoms with Crippen LogP contribution in [-0.4, -0.2) is 55.3 Å². The van der Waals surface area contributed by atoms with Gasteiger partial charge in [-0.3, -0.25) is 0 Å². The summed E-state index contributed by atoms with van der Waals surface area (Å²) in [5.41, 5.74) is 1.49. The van der Waals surface area contributed by atoms with Crippen molar-refractivity contribution in [2.45, 2.75) is 0 Å². The summed E-state index contributed by atoms with van der Waals surface area (Å²) in [6, 6.07) is 20.2. The quantitative estimate of drug-likeness (QED) is 0.147. The van der Waals surface area contributed by atoms with Crippen molar-refractivity contribution in [3.63, 3.8) is 0 Å². The van der Waals surface area contributed by atoms with E-state index in [1.165, 1.54) is 42.1 Å². The molecule has 5 nitrogen and oxygen atoms in total. The van der Waals surface area contributed by atoms with Crippen molar-refractivity contribution in [3.05, 3.63) is 94.4 Å². The van der Waals surface area contributed by atoms with Crippen molar-refractivity contribution in [3.8, 4) is 0 Å². The molecular formula is C27H19F2N3O2SSe. The summed E-state index contributed by atoms with van der Waals surface area (Å²) in [6.45, 7) is 0. The van der Waals surface area contributed by atoms with Gasteiger partial charge >= 0.3 is 218 Å². The van der Waals surface area contributed by atoms with Crippen LogP contribution in [0.15, 0.2) is 78.4 Å². The van der Waals surface area contributed by atoms with Crippen LogP contribution in [-0.2, 0) is 9.59 Å². The molecule has 0 aliphatic carbocycles. The van der Waals surface area contributed by atoms with Crippen LogP contribution in [0.2, 0.25) is 0 Å². The SMILES string of the molecule is CN1C(=O)C(=Cc2ccc(N(c3ccc(F)cc3)c3ccc(F)c4ccccc34)[se]2)C(=O)N(C)C1=S. The van der Waals surface area contributed by atoms with Crippen LogP contribution < -0.4 is 4.90 Å². The van der Waals surface area contributed by atoms with Crippen LogP contribution >= 0.6 is 12.2 Å². The third kappa shape index (κ3) is 4.15. The fourth-order valence-corrected chi connectivity index (χ4v) is 6.31. The van der Waals surface area contributed by atoms with Crippen molar-refractivity contribution in [2.24, 2.45) is 0 Å². The number of carbonyl (C=O) groups is 2. The number of likely N-dealkylation sites (N-methyl/N-ethyl adjacent to an activating group) is 2. The van der Waals surface area contributed by atoms with Crippen molar-refractivity contribution >= 4 is 76.4 Å². The average Bonchev–Trinajstić information content (AvgIpc) is 3.35. The molecule has 2 heterocycles. The maximum atomic E-state index is 14.6. The average molecular weight is 566 g/mol. The molecule has 5 rings (SSSR count). The van der Waals surface area contributed by atoms with Crippen LogP contribution in [0.5, 0.6) is 0 Å². The van der Waals surface area contributed by atoms with Gasteiger partial charge in [0.25, 0.3) is 0 Å². The summed E-state index contributed by atoms with van der Waals surface area (Å²) in [5.74, 6) is -1.60. The molecule has 0 radical (unpaired) electrons.